The lowest BCUT2D eigenvalue weighted by molar-refractivity contribution is -0.676. The van der Waals surface area contributed by atoms with Crippen LogP contribution in [0.4, 0.5) is 32.2 Å². The van der Waals surface area contributed by atoms with Gasteiger partial charge >= 0.3 is 18.3 Å². The number of carbonyl (C=O) groups is 4. The fourth-order valence-electron chi connectivity index (χ4n) is 7.32. The first-order valence-corrected chi connectivity index (χ1v) is 21.3. The SMILES string of the molecule is CCn1c(CNC(=O)c2nc3cc[nH]c3nc2N)[n+](CC)c2ccc(C(=O)N3CC[C@H](N(CC(O)C(O)C(O)C(O)CO)CC(O)C(O)C(O)C(O)CO)C3)cc21.O=C(O)C(F)(F)F.O=C([O-])C(F)(F)F. The number of nitrogens with two attached hydrogens (primary N) is 1. The molecule has 1 fully saturated rings. The number of H-pyrrole nitrogens is 1. The standard InChI is InChI=1S/C36H53N9O12.2C2HF3O2/c1-3-44-21-6-5-18(11-22(21)45(4-2)27(44)12-39-35(56)28-33(37)41-34-20(40-28)7-9-38-34)36(57)42-10-8-19(13-42)43(14-23(48)29(52)31(54)25(50)16-46)15-24(49)30(53)32(55)26(51)17-47;2*3-2(4,5)1(6)7/h5-7,9,11,19,23-26,29-32,46-55H,3-4,8,10,12-17H2,1-2H3,(H3-,37,38,39,40,41,56);2*(H,6,7)/t19-,23?,24?,25?,26?,29?,30?,31?,32?;;/m0../s1. The number of aliphatic hydroxyl groups is 10. The number of amides is 2. The summed E-state index contributed by atoms with van der Waals surface area (Å²) in [5, 5.41) is 120. The second kappa shape index (κ2) is 25.5. The maximum Gasteiger partial charge on any atom is 0.490 e. The second-order valence-electron chi connectivity index (χ2n) is 15.8. The zero-order valence-corrected chi connectivity index (χ0v) is 37.6. The van der Waals surface area contributed by atoms with E-state index in [4.69, 9.17) is 25.5 Å². The van der Waals surface area contributed by atoms with E-state index in [9.17, 15) is 87.0 Å². The molecule has 3 aromatic heterocycles. The minimum Gasteiger partial charge on any atom is -0.542 e. The molecule has 0 saturated carbocycles. The number of benzene rings is 1. The van der Waals surface area contributed by atoms with Gasteiger partial charge in [0.2, 0.25) is 0 Å². The van der Waals surface area contributed by atoms with Crippen molar-refractivity contribution >= 4 is 51.8 Å². The third-order valence-corrected chi connectivity index (χ3v) is 11.0. The molecule has 1 saturated heterocycles. The first-order chi connectivity index (χ1) is 33.0. The van der Waals surface area contributed by atoms with E-state index in [1.165, 1.54) is 4.90 Å². The Kier molecular flexibility index (Phi) is 21.3. The van der Waals surface area contributed by atoms with Crippen LogP contribution in [-0.4, -0.2) is 216 Å². The van der Waals surface area contributed by atoms with Gasteiger partial charge in [-0.15, -0.1) is 0 Å². The highest BCUT2D eigenvalue weighted by Gasteiger charge is 2.40. The summed E-state index contributed by atoms with van der Waals surface area (Å²) in [4.78, 5) is 59.4. The topological polar surface area (TPSA) is 409 Å². The Hall–Kier alpha value is -5.87. The molecule has 0 aliphatic carbocycles. The summed E-state index contributed by atoms with van der Waals surface area (Å²) in [6, 6.07) is 6.36. The van der Waals surface area contributed by atoms with Gasteiger partial charge in [-0.2, -0.15) is 26.3 Å². The number of fused-ring (bicyclic) bond motifs is 2. The summed E-state index contributed by atoms with van der Waals surface area (Å²) in [5.41, 5.74) is 8.89. The van der Waals surface area contributed by atoms with E-state index in [2.05, 4.69) is 20.3 Å². The molecule has 1 aliphatic rings. The van der Waals surface area contributed by atoms with Crippen LogP contribution in [0, 0.1) is 0 Å². The lowest BCUT2D eigenvalue weighted by Gasteiger charge is -2.36. The number of alkyl halides is 6. The van der Waals surface area contributed by atoms with E-state index in [-0.39, 0.29) is 37.1 Å². The van der Waals surface area contributed by atoms with Crippen molar-refractivity contribution in [1.82, 2.24) is 34.6 Å². The molecule has 0 bridgehead atoms. The zero-order chi connectivity index (χ0) is 53.9. The number of aliphatic hydroxyl groups excluding tert-OH is 10. The van der Waals surface area contributed by atoms with E-state index in [0.717, 1.165) is 16.9 Å². The Morgan fingerprint density at radius 1 is 0.873 bits per heavy atom. The lowest BCUT2D eigenvalue weighted by atomic mass is 10.00. The van der Waals surface area contributed by atoms with Crippen molar-refractivity contribution in [2.45, 2.75) is 107 Å². The van der Waals surface area contributed by atoms with Gasteiger partial charge in [-0.3, -0.25) is 14.5 Å². The van der Waals surface area contributed by atoms with E-state index >= 15 is 0 Å². The number of imidazole rings is 1. The van der Waals surface area contributed by atoms with Crippen molar-refractivity contribution in [3.8, 4) is 0 Å². The molecule has 31 heteroatoms. The predicted octanol–water partition coefficient (Wildman–Crippen LogP) is -4.93. The molecular weight excluding hydrogens is 976 g/mol. The number of hydrogen-bond acceptors (Lipinski definition) is 19. The number of carboxylic acid groups (broad SMARTS) is 2. The van der Waals surface area contributed by atoms with Gasteiger partial charge < -0.3 is 87.0 Å². The fourth-order valence-corrected chi connectivity index (χ4v) is 7.32. The van der Waals surface area contributed by atoms with Crippen molar-refractivity contribution in [1.29, 1.82) is 0 Å². The maximum absolute atomic E-state index is 14.0. The Balaban J connectivity index is 0.000000829. The van der Waals surface area contributed by atoms with E-state index in [1.54, 1.807) is 29.3 Å². The van der Waals surface area contributed by atoms with Crippen molar-refractivity contribution < 1.29 is 111 Å². The highest BCUT2D eigenvalue weighted by Crippen LogP contribution is 2.24. The summed E-state index contributed by atoms with van der Waals surface area (Å²) in [5.74, 6) is -5.87. The average molecular weight is 1030 g/mol. The van der Waals surface area contributed by atoms with Crippen LogP contribution in [-0.2, 0) is 29.2 Å². The van der Waals surface area contributed by atoms with Gasteiger partial charge in [0.05, 0.1) is 38.5 Å². The van der Waals surface area contributed by atoms with E-state index in [1.807, 2.05) is 29.0 Å². The molecule has 15 N–H and O–H groups in total. The summed E-state index contributed by atoms with van der Waals surface area (Å²) >= 11 is 0. The molecule has 71 heavy (non-hydrogen) atoms. The molecule has 4 heterocycles. The van der Waals surface area contributed by atoms with Gasteiger partial charge in [0.25, 0.3) is 17.6 Å². The molecule has 1 aromatic carbocycles. The fraction of sp³-hybridized carbons (Fsp3) is 0.575. The van der Waals surface area contributed by atoms with Gasteiger partial charge in [-0.05, 0) is 38.5 Å². The number of anilines is 1. The van der Waals surface area contributed by atoms with Crippen molar-refractivity contribution in [2.24, 2.45) is 0 Å². The monoisotopic (exact) mass is 1030 g/mol. The quantitative estimate of drug-likeness (QED) is 0.0309. The average Bonchev–Trinajstić information content (AvgIpc) is 4.08. The van der Waals surface area contributed by atoms with Crippen molar-refractivity contribution in [3.63, 3.8) is 0 Å². The Labute approximate surface area is 397 Å². The number of aromatic amines is 1. The van der Waals surface area contributed by atoms with E-state index < -0.39 is 111 Å². The molecule has 5 rings (SSSR count). The second-order valence-corrected chi connectivity index (χ2v) is 15.8. The molecular formula is C40H55F6N9O16. The number of likely N-dealkylation sites (tertiary alicyclic amines) is 1. The minimum atomic E-state index is -5.19. The van der Waals surface area contributed by atoms with Gasteiger partial charge in [-0.25, -0.2) is 23.9 Å². The number of nitrogens with one attached hydrogen (secondary N) is 2. The van der Waals surface area contributed by atoms with Crippen LogP contribution in [0.2, 0.25) is 0 Å². The third-order valence-electron chi connectivity index (χ3n) is 11.0. The van der Waals surface area contributed by atoms with Crippen LogP contribution in [0.25, 0.3) is 22.2 Å². The normalized spacial score (nSPS) is 17.6. The number of carboxylic acids is 2. The van der Waals surface area contributed by atoms with Crippen molar-refractivity contribution in [2.75, 3.05) is 45.1 Å². The molecule has 4 aromatic rings. The molecule has 25 nitrogen and oxygen atoms in total. The predicted molar refractivity (Wildman–Crippen MR) is 226 cm³/mol. The number of aryl methyl sites for hydroxylation is 2. The molecule has 0 radical (unpaired) electrons. The minimum absolute atomic E-state index is 0.00720. The van der Waals surface area contributed by atoms with Crippen LogP contribution >= 0.6 is 0 Å². The van der Waals surface area contributed by atoms with Gasteiger partial charge in [-0.1, -0.05) is 0 Å². The number of aliphatic carboxylic acids is 2. The van der Waals surface area contributed by atoms with Crippen LogP contribution < -0.4 is 20.7 Å². The van der Waals surface area contributed by atoms with Crippen LogP contribution in [0.1, 0.15) is 46.9 Å². The van der Waals surface area contributed by atoms with Crippen LogP contribution in [0.15, 0.2) is 30.5 Å². The van der Waals surface area contributed by atoms with E-state index in [0.29, 0.717) is 36.2 Å². The van der Waals surface area contributed by atoms with Crippen LogP contribution in [0.3, 0.4) is 0 Å². The van der Waals surface area contributed by atoms with Gasteiger partial charge in [0, 0.05) is 50.0 Å². The number of hydrogen-bond donors (Lipinski definition) is 14. The largest absolute Gasteiger partial charge is 0.542 e. The number of aromatic nitrogens is 5. The first kappa shape index (κ1) is 59.4. The number of rotatable bonds is 19. The summed E-state index contributed by atoms with van der Waals surface area (Å²) in [6.07, 6.45) is -23.1. The highest BCUT2D eigenvalue weighted by atomic mass is 19.4. The van der Waals surface area contributed by atoms with Gasteiger partial charge in [0.15, 0.2) is 28.2 Å². The summed E-state index contributed by atoms with van der Waals surface area (Å²) in [6.45, 7) is 2.67. The third kappa shape index (κ3) is 15.3. The zero-order valence-electron chi connectivity index (χ0n) is 37.6. The smallest absolute Gasteiger partial charge is 0.490 e. The Morgan fingerprint density at radius 3 is 1.86 bits per heavy atom. The number of nitrogens with zero attached hydrogens (tertiary/aromatic N) is 6. The Morgan fingerprint density at radius 2 is 1.39 bits per heavy atom. The molecule has 8 unspecified atom stereocenters. The number of nitrogen functional groups attached to an aromatic ring is 1. The molecule has 0 spiro atoms. The molecule has 2 amide bonds. The maximum atomic E-state index is 14.0. The lowest BCUT2D eigenvalue weighted by Crippen LogP contribution is -2.55. The van der Waals surface area contributed by atoms with Crippen molar-refractivity contribution in [3.05, 3.63) is 47.5 Å². The Bertz CT molecular complexity index is 2370. The number of halogens is 6. The molecule has 1 aliphatic heterocycles. The number of carbonyl (C=O) groups excluding carboxylic acids is 3. The highest BCUT2D eigenvalue weighted by molar-refractivity contribution is 5.98. The molecule has 9 atom stereocenters. The summed E-state index contributed by atoms with van der Waals surface area (Å²) in [7, 11) is 0. The van der Waals surface area contributed by atoms with Crippen LogP contribution in [0.5, 0.6) is 0 Å². The first-order valence-electron chi connectivity index (χ1n) is 21.3. The summed E-state index contributed by atoms with van der Waals surface area (Å²) < 4.78 is 67.3. The molecule has 398 valence electrons. The van der Waals surface area contributed by atoms with Gasteiger partial charge in [0.1, 0.15) is 54.7 Å².